The molecule has 0 fully saturated rings. The number of likely N-dealkylation sites (N-methyl/N-ethyl adjacent to an activating group) is 1. The first-order valence-electron chi connectivity index (χ1n) is 5.31. The number of carboxylic acid groups (broad SMARTS) is 1. The molecule has 0 aliphatic carbocycles. The van der Waals surface area contributed by atoms with Crippen LogP contribution in [0.15, 0.2) is 22.7 Å². The van der Waals surface area contributed by atoms with Crippen molar-refractivity contribution >= 4 is 33.5 Å². The highest BCUT2D eigenvalue weighted by molar-refractivity contribution is 9.10. The second kappa shape index (κ2) is 5.49. The number of hydrogen-bond acceptors (Lipinski definition) is 3. The first-order valence-corrected chi connectivity index (χ1v) is 6.10. The summed E-state index contributed by atoms with van der Waals surface area (Å²) in [5.74, 6) is -1.28. The van der Waals surface area contributed by atoms with Crippen molar-refractivity contribution in [2.75, 3.05) is 12.4 Å². The van der Waals surface area contributed by atoms with Crippen LogP contribution < -0.4 is 10.6 Å². The first-order chi connectivity index (χ1) is 8.27. The van der Waals surface area contributed by atoms with Gasteiger partial charge in [0.05, 0.1) is 11.1 Å². The van der Waals surface area contributed by atoms with E-state index >= 15 is 0 Å². The highest BCUT2D eigenvalue weighted by Crippen LogP contribution is 2.21. The van der Waals surface area contributed by atoms with E-state index in [9.17, 15) is 9.59 Å². The molecule has 6 heteroatoms. The van der Waals surface area contributed by atoms with Gasteiger partial charge in [-0.05, 0) is 55.0 Å². The van der Waals surface area contributed by atoms with Crippen LogP contribution in [0.25, 0.3) is 0 Å². The number of amides is 1. The summed E-state index contributed by atoms with van der Waals surface area (Å²) in [6.45, 7) is 3.47. The summed E-state index contributed by atoms with van der Waals surface area (Å²) in [6, 6.07) is 4.64. The highest BCUT2D eigenvalue weighted by Gasteiger charge is 2.25. The summed E-state index contributed by atoms with van der Waals surface area (Å²) >= 11 is 3.14. The minimum absolute atomic E-state index is 0.107. The van der Waals surface area contributed by atoms with E-state index in [0.717, 1.165) is 0 Å². The zero-order valence-corrected chi connectivity index (χ0v) is 12.0. The van der Waals surface area contributed by atoms with E-state index in [0.29, 0.717) is 10.2 Å². The largest absolute Gasteiger partial charge is 0.478 e. The predicted molar refractivity (Wildman–Crippen MR) is 72.9 cm³/mol. The van der Waals surface area contributed by atoms with E-state index in [1.165, 1.54) is 6.07 Å². The van der Waals surface area contributed by atoms with E-state index < -0.39 is 11.5 Å². The molecule has 18 heavy (non-hydrogen) atoms. The Balaban J connectivity index is 2.96. The summed E-state index contributed by atoms with van der Waals surface area (Å²) in [6.07, 6.45) is 0. The van der Waals surface area contributed by atoms with Crippen molar-refractivity contribution in [2.45, 2.75) is 19.4 Å². The molecule has 1 aromatic rings. The van der Waals surface area contributed by atoms with Crippen molar-refractivity contribution in [1.82, 2.24) is 5.32 Å². The molecule has 0 aliphatic heterocycles. The third-order valence-corrected chi connectivity index (χ3v) is 3.34. The number of benzene rings is 1. The van der Waals surface area contributed by atoms with Crippen LogP contribution in [0.1, 0.15) is 24.2 Å². The monoisotopic (exact) mass is 314 g/mol. The number of aromatic carboxylic acids is 1. The van der Waals surface area contributed by atoms with E-state index in [-0.39, 0.29) is 11.5 Å². The molecule has 0 heterocycles. The number of nitrogens with one attached hydrogen (secondary N) is 2. The summed E-state index contributed by atoms with van der Waals surface area (Å²) < 4.78 is 0.473. The lowest BCUT2D eigenvalue weighted by atomic mass is 10.0. The maximum Gasteiger partial charge on any atom is 0.336 e. The summed E-state index contributed by atoms with van der Waals surface area (Å²) in [4.78, 5) is 22.9. The Bertz CT molecular complexity index is 486. The molecule has 1 rings (SSSR count). The molecule has 0 saturated heterocycles. The molecule has 0 saturated carbocycles. The Labute approximate surface area is 114 Å². The number of carboxylic acids is 1. The van der Waals surface area contributed by atoms with E-state index in [2.05, 4.69) is 26.6 Å². The Morgan fingerprint density at radius 3 is 2.44 bits per heavy atom. The number of anilines is 1. The molecule has 0 atom stereocenters. The molecule has 3 N–H and O–H groups in total. The Hall–Kier alpha value is -1.40. The zero-order valence-electron chi connectivity index (χ0n) is 10.4. The lowest BCUT2D eigenvalue weighted by Gasteiger charge is -2.22. The second-order valence-corrected chi connectivity index (χ2v) is 5.18. The van der Waals surface area contributed by atoms with Gasteiger partial charge in [0.1, 0.15) is 0 Å². The fourth-order valence-corrected chi connectivity index (χ4v) is 1.58. The molecule has 0 aliphatic rings. The lowest BCUT2D eigenvalue weighted by Crippen LogP contribution is -2.47. The topological polar surface area (TPSA) is 78.4 Å². The second-order valence-electron chi connectivity index (χ2n) is 4.33. The molecular weight excluding hydrogens is 300 g/mol. The maximum atomic E-state index is 11.9. The normalized spacial score (nSPS) is 11.1. The van der Waals surface area contributed by atoms with E-state index in [1.54, 1.807) is 33.0 Å². The van der Waals surface area contributed by atoms with Crippen LogP contribution in [-0.2, 0) is 4.79 Å². The molecule has 1 aromatic carbocycles. The van der Waals surface area contributed by atoms with Crippen LogP contribution in [-0.4, -0.2) is 29.6 Å². The van der Waals surface area contributed by atoms with Gasteiger partial charge < -0.3 is 15.7 Å². The van der Waals surface area contributed by atoms with E-state index in [4.69, 9.17) is 5.11 Å². The average molecular weight is 315 g/mol. The van der Waals surface area contributed by atoms with E-state index in [1.807, 2.05) is 0 Å². The van der Waals surface area contributed by atoms with Gasteiger partial charge in [0, 0.05) is 10.2 Å². The fraction of sp³-hybridized carbons (Fsp3) is 0.333. The molecule has 0 spiro atoms. The molecular formula is C12H15BrN2O3. The smallest absolute Gasteiger partial charge is 0.336 e. The van der Waals surface area contributed by atoms with Crippen LogP contribution in [0.2, 0.25) is 0 Å². The van der Waals surface area contributed by atoms with Crippen molar-refractivity contribution in [1.29, 1.82) is 0 Å². The summed E-state index contributed by atoms with van der Waals surface area (Å²) in [5, 5.41) is 14.5. The van der Waals surface area contributed by atoms with Gasteiger partial charge in [-0.15, -0.1) is 0 Å². The molecule has 1 amide bonds. The molecule has 5 nitrogen and oxygen atoms in total. The van der Waals surface area contributed by atoms with Gasteiger partial charge >= 0.3 is 5.97 Å². The Morgan fingerprint density at radius 1 is 1.33 bits per heavy atom. The molecule has 0 aromatic heterocycles. The third-order valence-electron chi connectivity index (χ3n) is 2.65. The van der Waals surface area contributed by atoms with Crippen molar-refractivity contribution in [3.05, 3.63) is 28.2 Å². The van der Waals surface area contributed by atoms with Gasteiger partial charge in [-0.2, -0.15) is 0 Å². The first kappa shape index (κ1) is 14.7. The van der Waals surface area contributed by atoms with Crippen LogP contribution in [0.4, 0.5) is 5.69 Å². The number of carbonyl (C=O) groups is 2. The minimum Gasteiger partial charge on any atom is -0.478 e. The molecule has 0 radical (unpaired) electrons. The molecule has 0 bridgehead atoms. The number of rotatable bonds is 4. The van der Waals surface area contributed by atoms with Crippen molar-refractivity contribution in [2.24, 2.45) is 0 Å². The van der Waals surface area contributed by atoms with Crippen molar-refractivity contribution < 1.29 is 14.7 Å². The van der Waals surface area contributed by atoms with Gasteiger partial charge in [0.25, 0.3) is 0 Å². The molecule has 0 unspecified atom stereocenters. The van der Waals surface area contributed by atoms with Gasteiger partial charge in [-0.25, -0.2) is 4.79 Å². The predicted octanol–water partition coefficient (Wildman–Crippen LogP) is 2.08. The average Bonchev–Trinajstić information content (AvgIpc) is 2.31. The van der Waals surface area contributed by atoms with Crippen LogP contribution in [0.5, 0.6) is 0 Å². The summed E-state index contributed by atoms with van der Waals surface area (Å²) in [5.41, 5.74) is -0.171. The standard InChI is InChI=1S/C12H15BrN2O3/c1-12(2,14-3)11(18)15-7-4-5-9(13)8(6-7)10(16)17/h4-6,14H,1-3H3,(H,15,18)(H,16,17). The van der Waals surface area contributed by atoms with Crippen molar-refractivity contribution in [3.8, 4) is 0 Å². The van der Waals surface area contributed by atoms with Crippen molar-refractivity contribution in [3.63, 3.8) is 0 Å². The Kier molecular flexibility index (Phi) is 4.48. The molecule has 98 valence electrons. The summed E-state index contributed by atoms with van der Waals surface area (Å²) in [7, 11) is 1.68. The zero-order chi connectivity index (χ0) is 13.9. The minimum atomic E-state index is -1.05. The van der Waals surface area contributed by atoms with Gasteiger partial charge in [-0.3, -0.25) is 4.79 Å². The maximum absolute atomic E-state index is 11.9. The number of carbonyl (C=O) groups excluding carboxylic acids is 1. The lowest BCUT2D eigenvalue weighted by molar-refractivity contribution is -0.121. The van der Waals surface area contributed by atoms with Crippen LogP contribution in [0, 0.1) is 0 Å². The van der Waals surface area contributed by atoms with Gasteiger partial charge in [0.15, 0.2) is 0 Å². The highest BCUT2D eigenvalue weighted by atomic mass is 79.9. The Morgan fingerprint density at radius 2 is 1.94 bits per heavy atom. The third kappa shape index (κ3) is 3.30. The number of hydrogen-bond donors (Lipinski definition) is 3. The van der Waals surface area contributed by atoms with Crippen LogP contribution in [0.3, 0.4) is 0 Å². The van der Waals surface area contributed by atoms with Gasteiger partial charge in [0.2, 0.25) is 5.91 Å². The SMILES string of the molecule is CNC(C)(C)C(=O)Nc1ccc(Br)c(C(=O)O)c1. The van der Waals surface area contributed by atoms with Gasteiger partial charge in [-0.1, -0.05) is 0 Å². The fourth-order valence-electron chi connectivity index (χ4n) is 1.17. The number of halogens is 1. The van der Waals surface area contributed by atoms with Crippen LogP contribution >= 0.6 is 15.9 Å². The quantitative estimate of drug-likeness (QED) is 0.795.